The van der Waals surface area contributed by atoms with E-state index >= 15 is 0 Å². The summed E-state index contributed by atoms with van der Waals surface area (Å²) >= 11 is 6.75. The van der Waals surface area contributed by atoms with Crippen LogP contribution < -0.4 is 4.74 Å². The van der Waals surface area contributed by atoms with Crippen molar-refractivity contribution in [2.24, 2.45) is 0 Å². The van der Waals surface area contributed by atoms with E-state index < -0.39 is 0 Å². The van der Waals surface area contributed by atoms with Crippen molar-refractivity contribution in [3.05, 3.63) is 70.8 Å². The third-order valence-corrected chi connectivity index (χ3v) is 7.02. The van der Waals surface area contributed by atoms with Gasteiger partial charge in [-0.2, -0.15) is 5.10 Å². The Morgan fingerprint density at radius 3 is 2.66 bits per heavy atom. The maximum Gasteiger partial charge on any atom is 0.266 e. The number of methoxy groups -OCH3 is 1. The monoisotopic (exact) mass is 507 g/mol. The first-order valence-corrected chi connectivity index (χ1v) is 12.9. The smallest absolute Gasteiger partial charge is 0.266 e. The maximum atomic E-state index is 13.0. The number of aromatic nitrogens is 2. The molecule has 1 saturated heterocycles. The van der Waals surface area contributed by atoms with E-state index in [0.717, 1.165) is 46.7 Å². The number of unbranched alkanes of at least 4 members (excludes halogenated alkanes) is 1. The van der Waals surface area contributed by atoms with Gasteiger partial charge in [0.05, 0.1) is 30.4 Å². The van der Waals surface area contributed by atoms with E-state index in [2.05, 4.69) is 13.0 Å². The van der Waals surface area contributed by atoms with Gasteiger partial charge in [0.15, 0.2) is 0 Å². The fraction of sp³-hybridized carbons (Fsp3) is 0.296. The second-order valence-electron chi connectivity index (χ2n) is 8.22. The lowest BCUT2D eigenvalue weighted by molar-refractivity contribution is -0.122. The molecule has 1 aliphatic rings. The molecule has 3 aromatic rings. The van der Waals surface area contributed by atoms with Gasteiger partial charge >= 0.3 is 0 Å². The molecule has 0 bridgehead atoms. The van der Waals surface area contributed by atoms with Gasteiger partial charge in [-0.15, -0.1) is 0 Å². The highest BCUT2D eigenvalue weighted by atomic mass is 32.2. The van der Waals surface area contributed by atoms with Crippen molar-refractivity contribution in [3.63, 3.8) is 0 Å². The molecule has 2 heterocycles. The molecule has 0 saturated carbocycles. The Balaban J connectivity index is 1.72. The van der Waals surface area contributed by atoms with Gasteiger partial charge in [0.25, 0.3) is 5.91 Å². The quantitative estimate of drug-likeness (QED) is 0.194. The minimum atomic E-state index is -0.105. The highest BCUT2D eigenvalue weighted by Crippen LogP contribution is 2.35. The van der Waals surface area contributed by atoms with E-state index in [1.807, 2.05) is 66.3 Å². The Labute approximate surface area is 215 Å². The normalized spacial score (nSPS) is 14.8. The van der Waals surface area contributed by atoms with Crippen LogP contribution in [0.15, 0.2) is 59.6 Å². The van der Waals surface area contributed by atoms with E-state index in [1.54, 1.807) is 12.0 Å². The van der Waals surface area contributed by atoms with Crippen LogP contribution in [0.3, 0.4) is 0 Å². The summed E-state index contributed by atoms with van der Waals surface area (Å²) in [5.41, 5.74) is 4.59. The largest absolute Gasteiger partial charge is 0.493 e. The van der Waals surface area contributed by atoms with E-state index in [-0.39, 0.29) is 5.91 Å². The molecule has 1 amide bonds. The minimum Gasteiger partial charge on any atom is -0.493 e. The van der Waals surface area contributed by atoms with Crippen molar-refractivity contribution < 1.29 is 14.3 Å². The van der Waals surface area contributed by atoms with E-state index in [0.29, 0.717) is 29.0 Å². The first-order chi connectivity index (χ1) is 17.0. The molecule has 6 nitrogen and oxygen atoms in total. The SMILES string of the molecule is CCCCOc1ccc(-c2nn(-c3ccccc3)cc2/C=C2\SC(=S)N(CCOC)C2=O)cc1C. The summed E-state index contributed by atoms with van der Waals surface area (Å²) in [6, 6.07) is 16.0. The number of thioether (sulfide) groups is 1. The molecule has 0 atom stereocenters. The van der Waals surface area contributed by atoms with Crippen molar-refractivity contribution >= 4 is 40.3 Å². The molecule has 0 N–H and O–H groups in total. The molecule has 1 fully saturated rings. The highest BCUT2D eigenvalue weighted by Gasteiger charge is 2.32. The molecular weight excluding hydrogens is 478 g/mol. The molecule has 182 valence electrons. The summed E-state index contributed by atoms with van der Waals surface area (Å²) in [5.74, 6) is 0.775. The van der Waals surface area contributed by atoms with Gasteiger partial charge in [-0.3, -0.25) is 9.69 Å². The van der Waals surface area contributed by atoms with Gasteiger partial charge in [-0.1, -0.05) is 55.5 Å². The number of amides is 1. The average molecular weight is 508 g/mol. The number of hydrogen-bond acceptors (Lipinski definition) is 6. The Bertz CT molecular complexity index is 1240. The standard InChI is InChI=1S/C27H29N3O3S2/c1-4-5-14-33-23-12-11-20(16-19(23)2)25-21(18-30(28-25)22-9-7-6-8-10-22)17-24-26(31)29(13-15-32-3)27(34)35-24/h6-12,16-18H,4-5,13-15H2,1-3H3/b24-17-. The molecule has 1 aromatic heterocycles. The molecule has 2 aromatic carbocycles. The van der Waals surface area contributed by atoms with Gasteiger partial charge in [0, 0.05) is 24.4 Å². The lowest BCUT2D eigenvalue weighted by Gasteiger charge is -2.12. The lowest BCUT2D eigenvalue weighted by atomic mass is 10.0. The Kier molecular flexibility index (Phi) is 8.38. The zero-order chi connectivity index (χ0) is 24.8. The van der Waals surface area contributed by atoms with E-state index in [4.69, 9.17) is 26.8 Å². The predicted octanol–water partition coefficient (Wildman–Crippen LogP) is 5.87. The number of para-hydroxylation sites is 1. The molecule has 4 rings (SSSR count). The Morgan fingerprint density at radius 1 is 1.14 bits per heavy atom. The number of nitrogens with zero attached hydrogens (tertiary/aromatic N) is 3. The summed E-state index contributed by atoms with van der Waals surface area (Å²) in [6.45, 7) is 5.76. The van der Waals surface area contributed by atoms with Crippen LogP contribution in [-0.4, -0.2) is 51.8 Å². The summed E-state index contributed by atoms with van der Waals surface area (Å²) in [6.07, 6.45) is 5.95. The van der Waals surface area contributed by atoms with Gasteiger partial charge in [-0.25, -0.2) is 4.68 Å². The number of ether oxygens (including phenoxy) is 2. The second-order valence-corrected chi connectivity index (χ2v) is 9.90. The number of benzene rings is 2. The van der Waals surface area contributed by atoms with Crippen molar-refractivity contribution in [1.82, 2.24) is 14.7 Å². The fourth-order valence-electron chi connectivity index (χ4n) is 3.73. The lowest BCUT2D eigenvalue weighted by Crippen LogP contribution is -2.31. The number of thiocarbonyl (C=S) groups is 1. The van der Waals surface area contributed by atoms with Crippen molar-refractivity contribution in [3.8, 4) is 22.7 Å². The first-order valence-electron chi connectivity index (χ1n) is 11.6. The number of rotatable bonds is 10. The van der Waals surface area contributed by atoms with Crippen LogP contribution in [0, 0.1) is 6.92 Å². The van der Waals surface area contributed by atoms with Crippen LogP contribution in [0.2, 0.25) is 0 Å². The summed E-state index contributed by atoms with van der Waals surface area (Å²) < 4.78 is 13.4. The van der Waals surface area contributed by atoms with E-state index in [9.17, 15) is 4.79 Å². The molecular formula is C27H29N3O3S2. The van der Waals surface area contributed by atoms with Crippen molar-refractivity contribution in [2.45, 2.75) is 26.7 Å². The van der Waals surface area contributed by atoms with Crippen LogP contribution in [0.5, 0.6) is 5.75 Å². The molecule has 0 unspecified atom stereocenters. The number of carbonyl (C=O) groups excluding carboxylic acids is 1. The first kappa shape index (κ1) is 25.2. The number of carbonyl (C=O) groups is 1. The van der Waals surface area contributed by atoms with Crippen molar-refractivity contribution in [2.75, 3.05) is 26.9 Å². The van der Waals surface area contributed by atoms with E-state index in [1.165, 1.54) is 11.8 Å². The van der Waals surface area contributed by atoms with Gasteiger partial charge in [-0.05, 0) is 55.3 Å². The number of aryl methyl sites for hydroxylation is 1. The molecule has 0 spiro atoms. The highest BCUT2D eigenvalue weighted by molar-refractivity contribution is 8.26. The van der Waals surface area contributed by atoms with Crippen LogP contribution in [-0.2, 0) is 9.53 Å². The summed E-state index contributed by atoms with van der Waals surface area (Å²) in [4.78, 5) is 15.2. The molecule has 8 heteroatoms. The molecule has 0 radical (unpaired) electrons. The zero-order valence-corrected chi connectivity index (χ0v) is 21.8. The summed E-state index contributed by atoms with van der Waals surface area (Å²) in [5, 5.41) is 4.90. The van der Waals surface area contributed by atoms with Crippen LogP contribution >= 0.6 is 24.0 Å². The fourth-order valence-corrected chi connectivity index (χ4v) is 5.03. The molecule has 1 aliphatic heterocycles. The maximum absolute atomic E-state index is 13.0. The van der Waals surface area contributed by atoms with Crippen molar-refractivity contribution in [1.29, 1.82) is 0 Å². The van der Waals surface area contributed by atoms with Gasteiger partial charge < -0.3 is 9.47 Å². The molecule has 0 aliphatic carbocycles. The number of hydrogen-bond donors (Lipinski definition) is 0. The Hall–Kier alpha value is -2.94. The average Bonchev–Trinajstić information content (AvgIpc) is 3.40. The predicted molar refractivity (Wildman–Crippen MR) is 146 cm³/mol. The van der Waals surface area contributed by atoms with Gasteiger partial charge in [0.1, 0.15) is 15.8 Å². The zero-order valence-electron chi connectivity index (χ0n) is 20.2. The second kappa shape index (κ2) is 11.7. The minimum absolute atomic E-state index is 0.105. The van der Waals surface area contributed by atoms with Crippen LogP contribution in [0.1, 0.15) is 30.9 Å². The van der Waals surface area contributed by atoms with Crippen LogP contribution in [0.4, 0.5) is 0 Å². The summed E-state index contributed by atoms with van der Waals surface area (Å²) in [7, 11) is 1.61. The third-order valence-electron chi connectivity index (χ3n) is 5.65. The molecule has 35 heavy (non-hydrogen) atoms. The Morgan fingerprint density at radius 2 is 1.94 bits per heavy atom. The topological polar surface area (TPSA) is 56.6 Å². The van der Waals surface area contributed by atoms with Crippen LogP contribution in [0.25, 0.3) is 23.0 Å². The third kappa shape index (κ3) is 5.83. The van der Waals surface area contributed by atoms with Gasteiger partial charge in [0.2, 0.25) is 0 Å².